The molecular weight excluding hydrogens is 364 g/mol. The second-order valence-corrected chi connectivity index (χ2v) is 7.37. The molecule has 138 valence electrons. The van der Waals surface area contributed by atoms with Crippen LogP contribution in [-0.4, -0.2) is 20.9 Å². The number of nitrogens with zero attached hydrogens (tertiary/aromatic N) is 2. The first-order valence-electron chi connectivity index (χ1n) is 8.95. The van der Waals surface area contributed by atoms with Crippen molar-refractivity contribution in [2.45, 2.75) is 38.5 Å². The number of aromatic nitrogens is 3. The van der Waals surface area contributed by atoms with Crippen LogP contribution in [0.5, 0.6) is 0 Å². The number of primary amides is 1. The third-order valence-electron chi connectivity index (χ3n) is 5.20. The van der Waals surface area contributed by atoms with Crippen LogP contribution in [0.4, 0.5) is 0 Å². The van der Waals surface area contributed by atoms with Crippen molar-refractivity contribution < 1.29 is 4.79 Å². The van der Waals surface area contributed by atoms with Crippen molar-refractivity contribution in [3.05, 3.63) is 56.7 Å². The van der Waals surface area contributed by atoms with Gasteiger partial charge >= 0.3 is 0 Å². The van der Waals surface area contributed by atoms with E-state index in [2.05, 4.69) is 9.97 Å². The summed E-state index contributed by atoms with van der Waals surface area (Å²) in [4.78, 5) is 36.1. The molecule has 0 spiro atoms. The number of nitrogens with two attached hydrogens (primary N) is 1. The van der Waals surface area contributed by atoms with Gasteiger partial charge in [-0.2, -0.15) is 0 Å². The first-order valence-corrected chi connectivity index (χ1v) is 9.32. The van der Waals surface area contributed by atoms with Gasteiger partial charge in [0.25, 0.3) is 5.91 Å². The van der Waals surface area contributed by atoms with Gasteiger partial charge in [-0.15, -0.1) is 0 Å². The van der Waals surface area contributed by atoms with Crippen molar-refractivity contribution in [3.63, 3.8) is 0 Å². The number of aryl methyl sites for hydroxylation is 1. The molecule has 0 aliphatic heterocycles. The lowest BCUT2D eigenvalue weighted by atomic mass is 10.0. The van der Waals surface area contributed by atoms with Crippen LogP contribution < -0.4 is 11.2 Å². The highest BCUT2D eigenvalue weighted by Crippen LogP contribution is 2.38. The summed E-state index contributed by atoms with van der Waals surface area (Å²) in [5, 5.41) is 0.809. The van der Waals surface area contributed by atoms with Crippen LogP contribution >= 0.6 is 11.6 Å². The number of hydrogen-bond donors (Lipinski definition) is 2. The standard InChI is InChI=1S/C20H19ClN4O2/c1-10-12(8-13(21)18(24-10)11-4-2-3-5-11)15-9-16(26)17-14(25-15)6-7-23-19(17)20(22)27/h6-9,11H,2-5H2,1H3,(H2,22,27)(H,25,26). The maximum absolute atomic E-state index is 12.6. The van der Waals surface area contributed by atoms with E-state index in [1.165, 1.54) is 25.1 Å². The fraction of sp³-hybridized carbons (Fsp3) is 0.300. The summed E-state index contributed by atoms with van der Waals surface area (Å²) in [5.41, 5.74) is 8.58. The van der Waals surface area contributed by atoms with Gasteiger partial charge in [-0.3, -0.25) is 19.6 Å². The Bertz CT molecular complexity index is 1120. The number of halogens is 1. The first-order chi connectivity index (χ1) is 13.0. The zero-order valence-corrected chi connectivity index (χ0v) is 15.6. The molecule has 1 aliphatic rings. The van der Waals surface area contributed by atoms with Crippen LogP contribution in [0.15, 0.2) is 29.2 Å². The number of carbonyl (C=O) groups excluding carboxylic acids is 1. The Balaban J connectivity index is 1.86. The molecule has 0 unspecified atom stereocenters. The van der Waals surface area contributed by atoms with Crippen LogP contribution in [0, 0.1) is 6.92 Å². The van der Waals surface area contributed by atoms with E-state index in [0.29, 0.717) is 22.2 Å². The SMILES string of the molecule is Cc1nc(C2CCCC2)c(Cl)cc1-c1cc(=O)c2c(C(N)=O)nccc2[nH]1. The van der Waals surface area contributed by atoms with E-state index in [1.54, 1.807) is 6.07 Å². The van der Waals surface area contributed by atoms with Gasteiger partial charge in [0.1, 0.15) is 5.69 Å². The van der Waals surface area contributed by atoms with Crippen LogP contribution in [0.1, 0.15) is 53.5 Å². The lowest BCUT2D eigenvalue weighted by Crippen LogP contribution is -2.17. The number of aromatic amines is 1. The highest BCUT2D eigenvalue weighted by atomic mass is 35.5. The fourth-order valence-corrected chi connectivity index (χ4v) is 4.19. The normalized spacial score (nSPS) is 14.7. The Kier molecular flexibility index (Phi) is 4.44. The Labute approximate surface area is 160 Å². The minimum Gasteiger partial charge on any atom is -0.364 e. The van der Waals surface area contributed by atoms with E-state index in [1.807, 2.05) is 13.0 Å². The summed E-state index contributed by atoms with van der Waals surface area (Å²) >= 11 is 6.53. The predicted octanol–water partition coefficient (Wildman–Crippen LogP) is 3.70. The van der Waals surface area contributed by atoms with Gasteiger partial charge in [-0.1, -0.05) is 24.4 Å². The van der Waals surface area contributed by atoms with E-state index >= 15 is 0 Å². The molecule has 1 saturated carbocycles. The molecule has 3 heterocycles. The minimum absolute atomic E-state index is 0.0373. The van der Waals surface area contributed by atoms with Gasteiger partial charge in [0.05, 0.1) is 27.3 Å². The van der Waals surface area contributed by atoms with Gasteiger partial charge in [0.15, 0.2) is 5.43 Å². The summed E-state index contributed by atoms with van der Waals surface area (Å²) in [6.07, 6.45) is 6.08. The molecular formula is C20H19ClN4O2. The van der Waals surface area contributed by atoms with E-state index in [9.17, 15) is 9.59 Å². The Morgan fingerprint density at radius 1 is 1.30 bits per heavy atom. The molecule has 6 nitrogen and oxygen atoms in total. The molecule has 0 bridgehead atoms. The number of fused-ring (bicyclic) bond motifs is 1. The molecule has 27 heavy (non-hydrogen) atoms. The molecule has 3 N–H and O–H groups in total. The third kappa shape index (κ3) is 3.10. The first kappa shape index (κ1) is 17.7. The quantitative estimate of drug-likeness (QED) is 0.720. The zero-order chi connectivity index (χ0) is 19.1. The van der Waals surface area contributed by atoms with Crippen molar-refractivity contribution in [1.29, 1.82) is 0 Å². The lowest BCUT2D eigenvalue weighted by molar-refractivity contribution is 0.0997. The maximum Gasteiger partial charge on any atom is 0.268 e. The van der Waals surface area contributed by atoms with Gasteiger partial charge in [-0.25, -0.2) is 0 Å². The molecule has 4 rings (SSSR count). The molecule has 0 saturated heterocycles. The highest BCUT2D eigenvalue weighted by molar-refractivity contribution is 6.31. The number of pyridine rings is 3. The van der Waals surface area contributed by atoms with Crippen LogP contribution in [-0.2, 0) is 0 Å². The minimum atomic E-state index is -0.736. The average Bonchev–Trinajstić information content (AvgIpc) is 3.17. The van der Waals surface area contributed by atoms with Crippen LogP contribution in [0.2, 0.25) is 5.02 Å². The number of H-pyrrole nitrogens is 1. The number of amides is 1. The lowest BCUT2D eigenvalue weighted by Gasteiger charge is -2.15. The summed E-state index contributed by atoms with van der Waals surface area (Å²) in [7, 11) is 0. The Morgan fingerprint density at radius 2 is 2.04 bits per heavy atom. The Morgan fingerprint density at radius 3 is 2.74 bits per heavy atom. The Hall–Kier alpha value is -2.73. The molecule has 3 aromatic rings. The zero-order valence-electron chi connectivity index (χ0n) is 14.9. The number of carbonyl (C=O) groups is 1. The summed E-state index contributed by atoms with van der Waals surface area (Å²) in [6, 6.07) is 4.95. The van der Waals surface area contributed by atoms with E-state index in [-0.39, 0.29) is 16.5 Å². The molecule has 1 aliphatic carbocycles. The van der Waals surface area contributed by atoms with Crippen molar-refractivity contribution in [3.8, 4) is 11.3 Å². The van der Waals surface area contributed by atoms with Crippen LogP contribution in [0.3, 0.4) is 0 Å². The average molecular weight is 383 g/mol. The number of nitrogens with one attached hydrogen (secondary N) is 1. The van der Waals surface area contributed by atoms with Gasteiger partial charge in [-0.05, 0) is 31.9 Å². The molecule has 3 aromatic heterocycles. The highest BCUT2D eigenvalue weighted by Gasteiger charge is 2.23. The summed E-state index contributed by atoms with van der Waals surface area (Å²) in [6.45, 7) is 1.91. The summed E-state index contributed by atoms with van der Waals surface area (Å²) in [5.74, 6) is -0.328. The molecule has 0 aromatic carbocycles. The maximum atomic E-state index is 12.6. The second-order valence-electron chi connectivity index (χ2n) is 6.96. The molecule has 7 heteroatoms. The third-order valence-corrected chi connectivity index (χ3v) is 5.50. The van der Waals surface area contributed by atoms with E-state index < -0.39 is 5.91 Å². The number of hydrogen-bond acceptors (Lipinski definition) is 4. The molecule has 0 radical (unpaired) electrons. The predicted molar refractivity (Wildman–Crippen MR) is 105 cm³/mol. The molecule has 0 atom stereocenters. The van der Waals surface area contributed by atoms with Crippen LogP contribution in [0.25, 0.3) is 22.2 Å². The van der Waals surface area contributed by atoms with Crippen molar-refractivity contribution in [2.75, 3.05) is 0 Å². The van der Waals surface area contributed by atoms with E-state index in [0.717, 1.165) is 29.8 Å². The van der Waals surface area contributed by atoms with Gasteiger partial charge < -0.3 is 10.7 Å². The summed E-state index contributed by atoms with van der Waals surface area (Å²) < 4.78 is 0. The smallest absolute Gasteiger partial charge is 0.268 e. The fourth-order valence-electron chi connectivity index (χ4n) is 3.89. The molecule has 1 fully saturated rings. The van der Waals surface area contributed by atoms with Gasteiger partial charge in [0.2, 0.25) is 0 Å². The second kappa shape index (κ2) is 6.78. The van der Waals surface area contributed by atoms with E-state index in [4.69, 9.17) is 22.3 Å². The van der Waals surface area contributed by atoms with Gasteiger partial charge in [0, 0.05) is 29.4 Å². The van der Waals surface area contributed by atoms with Crippen molar-refractivity contribution >= 4 is 28.4 Å². The van der Waals surface area contributed by atoms with Crippen molar-refractivity contribution in [1.82, 2.24) is 15.0 Å². The molecule has 1 amide bonds. The largest absolute Gasteiger partial charge is 0.364 e. The van der Waals surface area contributed by atoms with Crippen molar-refractivity contribution in [2.24, 2.45) is 5.73 Å². The number of rotatable bonds is 3. The monoisotopic (exact) mass is 382 g/mol. The topological polar surface area (TPSA) is 102 Å².